The van der Waals surface area contributed by atoms with E-state index in [1.165, 1.54) is 0 Å². The standard InChI is InChI=1S/C18H19NO5/c1-10-7-15-17(18(21)19(10)2)12(9-16(20)24-15)11-5-6-13(22-3)14(8-11)23-4/h5-8,12H,9H2,1-4H3/t12-/m0/s1. The molecule has 1 aromatic carbocycles. The average molecular weight is 329 g/mol. The molecule has 1 atom stereocenters. The molecule has 126 valence electrons. The van der Waals surface area contributed by atoms with E-state index in [1.807, 2.05) is 6.07 Å². The predicted octanol–water partition coefficient (Wildman–Crippen LogP) is 2.15. The molecule has 24 heavy (non-hydrogen) atoms. The third kappa shape index (κ3) is 2.54. The van der Waals surface area contributed by atoms with Crippen LogP contribution in [-0.2, 0) is 11.8 Å². The van der Waals surface area contributed by atoms with Gasteiger partial charge in [-0.1, -0.05) is 6.07 Å². The molecule has 0 fully saturated rings. The van der Waals surface area contributed by atoms with E-state index in [2.05, 4.69) is 0 Å². The van der Waals surface area contributed by atoms with Gasteiger partial charge in [0, 0.05) is 24.7 Å². The summed E-state index contributed by atoms with van der Waals surface area (Å²) in [5.74, 6) is 0.762. The zero-order valence-corrected chi connectivity index (χ0v) is 14.1. The van der Waals surface area contributed by atoms with Crippen LogP contribution in [0.1, 0.15) is 29.2 Å². The van der Waals surface area contributed by atoms with Gasteiger partial charge in [0.15, 0.2) is 11.5 Å². The Bertz CT molecular complexity index is 868. The number of benzene rings is 1. The van der Waals surface area contributed by atoms with Crippen molar-refractivity contribution in [3.63, 3.8) is 0 Å². The maximum absolute atomic E-state index is 12.7. The normalized spacial score (nSPS) is 16.3. The van der Waals surface area contributed by atoms with Gasteiger partial charge in [0.05, 0.1) is 26.2 Å². The van der Waals surface area contributed by atoms with Crippen molar-refractivity contribution < 1.29 is 19.0 Å². The van der Waals surface area contributed by atoms with Crippen LogP contribution in [0.3, 0.4) is 0 Å². The molecular weight excluding hydrogens is 310 g/mol. The molecule has 2 aromatic rings. The number of hydrogen-bond donors (Lipinski definition) is 0. The van der Waals surface area contributed by atoms with Crippen LogP contribution >= 0.6 is 0 Å². The lowest BCUT2D eigenvalue weighted by molar-refractivity contribution is -0.135. The number of methoxy groups -OCH3 is 2. The minimum atomic E-state index is -0.375. The van der Waals surface area contributed by atoms with Crippen molar-refractivity contribution in [3.05, 3.63) is 51.4 Å². The van der Waals surface area contributed by atoms with Gasteiger partial charge in [0.2, 0.25) is 0 Å². The Morgan fingerprint density at radius 3 is 2.50 bits per heavy atom. The first-order valence-electron chi connectivity index (χ1n) is 7.59. The summed E-state index contributed by atoms with van der Waals surface area (Å²) >= 11 is 0. The van der Waals surface area contributed by atoms with E-state index in [0.29, 0.717) is 22.8 Å². The summed E-state index contributed by atoms with van der Waals surface area (Å²) in [5, 5.41) is 0. The maximum Gasteiger partial charge on any atom is 0.312 e. The van der Waals surface area contributed by atoms with Crippen LogP contribution < -0.4 is 19.8 Å². The van der Waals surface area contributed by atoms with Crippen molar-refractivity contribution in [1.82, 2.24) is 4.57 Å². The van der Waals surface area contributed by atoms with Crippen molar-refractivity contribution in [2.75, 3.05) is 14.2 Å². The van der Waals surface area contributed by atoms with Gasteiger partial charge in [-0.05, 0) is 24.6 Å². The number of rotatable bonds is 3. The van der Waals surface area contributed by atoms with Gasteiger partial charge in [-0.25, -0.2) is 0 Å². The minimum Gasteiger partial charge on any atom is -0.493 e. The summed E-state index contributed by atoms with van der Waals surface area (Å²) in [7, 11) is 4.82. The largest absolute Gasteiger partial charge is 0.493 e. The molecule has 0 bridgehead atoms. The number of nitrogens with zero attached hydrogens (tertiary/aromatic N) is 1. The molecular formula is C18H19NO5. The monoisotopic (exact) mass is 329 g/mol. The zero-order valence-electron chi connectivity index (χ0n) is 14.1. The van der Waals surface area contributed by atoms with E-state index in [9.17, 15) is 9.59 Å². The summed E-state index contributed by atoms with van der Waals surface area (Å²) < 4.78 is 17.4. The summed E-state index contributed by atoms with van der Waals surface area (Å²) in [4.78, 5) is 24.7. The van der Waals surface area contributed by atoms with Gasteiger partial charge in [-0.3, -0.25) is 9.59 Å². The summed E-state index contributed by atoms with van der Waals surface area (Å²) in [6.07, 6.45) is 0.112. The first-order valence-corrected chi connectivity index (χ1v) is 7.59. The molecule has 1 aliphatic heterocycles. The van der Waals surface area contributed by atoms with Gasteiger partial charge in [-0.2, -0.15) is 0 Å². The quantitative estimate of drug-likeness (QED) is 0.807. The molecule has 0 spiro atoms. The van der Waals surface area contributed by atoms with E-state index >= 15 is 0 Å². The number of aryl methyl sites for hydroxylation is 1. The van der Waals surface area contributed by atoms with E-state index < -0.39 is 0 Å². The van der Waals surface area contributed by atoms with Crippen LogP contribution in [0.25, 0.3) is 0 Å². The van der Waals surface area contributed by atoms with Gasteiger partial charge in [-0.15, -0.1) is 0 Å². The summed E-state index contributed by atoms with van der Waals surface area (Å²) in [6.45, 7) is 1.80. The van der Waals surface area contributed by atoms with E-state index in [1.54, 1.807) is 51.0 Å². The number of esters is 1. The van der Waals surface area contributed by atoms with E-state index in [0.717, 1.165) is 11.3 Å². The van der Waals surface area contributed by atoms with Crippen molar-refractivity contribution in [3.8, 4) is 17.2 Å². The number of pyridine rings is 1. The Labute approximate surface area is 139 Å². The van der Waals surface area contributed by atoms with Crippen LogP contribution in [0.4, 0.5) is 0 Å². The molecule has 1 aromatic heterocycles. The highest BCUT2D eigenvalue weighted by atomic mass is 16.5. The molecule has 2 heterocycles. The molecule has 1 aliphatic rings. The van der Waals surface area contributed by atoms with Crippen LogP contribution in [0.5, 0.6) is 17.2 Å². The van der Waals surface area contributed by atoms with Crippen LogP contribution in [0, 0.1) is 6.92 Å². The SMILES string of the molecule is COc1ccc([C@@H]2CC(=O)Oc3cc(C)n(C)c(=O)c32)cc1OC. The number of ether oxygens (including phenoxy) is 3. The maximum atomic E-state index is 12.7. The van der Waals surface area contributed by atoms with Crippen molar-refractivity contribution >= 4 is 5.97 Å². The highest BCUT2D eigenvalue weighted by Crippen LogP contribution is 2.39. The fourth-order valence-electron chi connectivity index (χ4n) is 3.00. The molecule has 0 N–H and O–H groups in total. The lowest BCUT2D eigenvalue weighted by atomic mass is 9.86. The first-order chi connectivity index (χ1) is 11.5. The minimum absolute atomic E-state index is 0.112. The molecule has 0 unspecified atom stereocenters. The summed E-state index contributed by atoms with van der Waals surface area (Å²) in [6, 6.07) is 7.13. The summed E-state index contributed by atoms with van der Waals surface area (Å²) in [5.41, 5.74) is 1.89. The number of fused-ring (bicyclic) bond motifs is 1. The molecule has 6 nitrogen and oxygen atoms in total. The second kappa shape index (κ2) is 6.03. The fourth-order valence-corrected chi connectivity index (χ4v) is 3.00. The first kappa shape index (κ1) is 16.1. The highest BCUT2D eigenvalue weighted by molar-refractivity contribution is 5.77. The zero-order chi connectivity index (χ0) is 17.4. The average Bonchev–Trinajstić information content (AvgIpc) is 2.58. The number of carbonyl (C=O) groups is 1. The molecule has 0 radical (unpaired) electrons. The second-order valence-electron chi connectivity index (χ2n) is 5.77. The topological polar surface area (TPSA) is 66.8 Å². The Balaban J connectivity index is 2.19. The van der Waals surface area contributed by atoms with Gasteiger partial charge in [0.25, 0.3) is 5.56 Å². The molecule has 6 heteroatoms. The lowest BCUT2D eigenvalue weighted by Gasteiger charge is -2.25. The Hall–Kier alpha value is -2.76. The number of carbonyl (C=O) groups excluding carboxylic acids is 1. The third-order valence-corrected chi connectivity index (χ3v) is 4.42. The smallest absolute Gasteiger partial charge is 0.312 e. The van der Waals surface area contributed by atoms with E-state index in [4.69, 9.17) is 14.2 Å². The van der Waals surface area contributed by atoms with Crippen LogP contribution in [0.2, 0.25) is 0 Å². The molecule has 0 amide bonds. The Morgan fingerprint density at radius 1 is 1.12 bits per heavy atom. The van der Waals surface area contributed by atoms with E-state index in [-0.39, 0.29) is 23.9 Å². The van der Waals surface area contributed by atoms with Crippen molar-refractivity contribution in [2.45, 2.75) is 19.3 Å². The predicted molar refractivity (Wildman–Crippen MR) is 88.1 cm³/mol. The van der Waals surface area contributed by atoms with Crippen LogP contribution in [0.15, 0.2) is 29.1 Å². The van der Waals surface area contributed by atoms with Gasteiger partial charge >= 0.3 is 5.97 Å². The Kier molecular flexibility index (Phi) is 4.05. The number of hydrogen-bond acceptors (Lipinski definition) is 5. The molecule has 3 rings (SSSR count). The molecule has 0 saturated carbocycles. The van der Waals surface area contributed by atoms with Gasteiger partial charge < -0.3 is 18.8 Å². The second-order valence-corrected chi connectivity index (χ2v) is 5.77. The lowest BCUT2D eigenvalue weighted by Crippen LogP contribution is -2.31. The van der Waals surface area contributed by atoms with Crippen LogP contribution in [-0.4, -0.2) is 24.8 Å². The van der Waals surface area contributed by atoms with Crippen molar-refractivity contribution in [1.29, 1.82) is 0 Å². The fraction of sp³-hybridized carbons (Fsp3) is 0.333. The molecule has 0 aliphatic carbocycles. The van der Waals surface area contributed by atoms with Crippen molar-refractivity contribution in [2.24, 2.45) is 7.05 Å². The highest BCUT2D eigenvalue weighted by Gasteiger charge is 2.32. The number of aromatic nitrogens is 1. The molecule has 0 saturated heterocycles. The van der Waals surface area contributed by atoms with Gasteiger partial charge in [0.1, 0.15) is 5.75 Å². The third-order valence-electron chi connectivity index (χ3n) is 4.42. The Morgan fingerprint density at radius 2 is 1.83 bits per heavy atom.